The van der Waals surface area contributed by atoms with Gasteiger partial charge in [-0.2, -0.15) is 0 Å². The molecule has 0 aromatic heterocycles. The Kier molecular flexibility index (Phi) is 5.20. The molecule has 2 nitrogen and oxygen atoms in total. The molecule has 0 amide bonds. The zero-order valence-corrected chi connectivity index (χ0v) is 9.23. The van der Waals surface area contributed by atoms with Crippen molar-refractivity contribution in [3.63, 3.8) is 0 Å². The summed E-state index contributed by atoms with van der Waals surface area (Å²) in [5, 5.41) is 3.56. The summed E-state index contributed by atoms with van der Waals surface area (Å²) in [6.45, 7) is 5.40. The van der Waals surface area contributed by atoms with Gasteiger partial charge in [0.15, 0.2) is 0 Å². The minimum Gasteiger partial charge on any atom is -0.329 e. The molecule has 0 saturated heterocycles. The monoisotopic (exact) mass is 196 g/mol. The summed E-state index contributed by atoms with van der Waals surface area (Å²) < 4.78 is 0. The summed E-state index contributed by atoms with van der Waals surface area (Å²) in [7, 11) is 0. The van der Waals surface area contributed by atoms with E-state index in [0.717, 1.165) is 13.1 Å². The van der Waals surface area contributed by atoms with Crippen LogP contribution in [0.3, 0.4) is 0 Å². The summed E-state index contributed by atoms with van der Waals surface area (Å²) in [5.74, 6) is 0. The van der Waals surface area contributed by atoms with Crippen LogP contribution in [0.15, 0.2) is 12.7 Å². The van der Waals surface area contributed by atoms with Gasteiger partial charge in [-0.25, -0.2) is 0 Å². The van der Waals surface area contributed by atoms with Gasteiger partial charge in [-0.3, -0.25) is 0 Å². The highest BCUT2D eigenvalue weighted by atomic mass is 15.0. The summed E-state index contributed by atoms with van der Waals surface area (Å²) in [4.78, 5) is 0. The Bertz CT molecular complexity index is 158. The van der Waals surface area contributed by atoms with E-state index in [-0.39, 0.29) is 5.54 Å². The number of rotatable bonds is 4. The second kappa shape index (κ2) is 6.20. The summed E-state index contributed by atoms with van der Waals surface area (Å²) in [6.07, 6.45) is 11.2. The van der Waals surface area contributed by atoms with Crippen molar-refractivity contribution in [3.05, 3.63) is 12.7 Å². The van der Waals surface area contributed by atoms with Crippen LogP contribution < -0.4 is 11.1 Å². The first-order valence-corrected chi connectivity index (χ1v) is 5.89. The Morgan fingerprint density at radius 1 is 1.14 bits per heavy atom. The zero-order valence-electron chi connectivity index (χ0n) is 9.23. The Balaban J connectivity index is 2.48. The number of hydrogen-bond acceptors (Lipinski definition) is 2. The lowest BCUT2D eigenvalue weighted by Gasteiger charge is -2.35. The Hall–Kier alpha value is -0.340. The molecule has 0 spiro atoms. The van der Waals surface area contributed by atoms with Crippen LogP contribution in [0.1, 0.15) is 44.9 Å². The van der Waals surface area contributed by atoms with E-state index in [9.17, 15) is 0 Å². The van der Waals surface area contributed by atoms with Gasteiger partial charge in [-0.05, 0) is 12.8 Å². The van der Waals surface area contributed by atoms with E-state index in [0.29, 0.717) is 0 Å². The second-order valence-corrected chi connectivity index (χ2v) is 4.42. The molecule has 14 heavy (non-hydrogen) atoms. The number of nitrogens with two attached hydrogens (primary N) is 1. The average molecular weight is 196 g/mol. The molecule has 1 aliphatic rings. The third-order valence-corrected chi connectivity index (χ3v) is 3.32. The van der Waals surface area contributed by atoms with Crippen molar-refractivity contribution in [2.24, 2.45) is 5.73 Å². The third-order valence-electron chi connectivity index (χ3n) is 3.32. The molecule has 3 N–H and O–H groups in total. The molecule has 0 aliphatic heterocycles. The molecule has 0 aromatic rings. The van der Waals surface area contributed by atoms with Crippen molar-refractivity contribution in [1.29, 1.82) is 0 Å². The van der Waals surface area contributed by atoms with Gasteiger partial charge >= 0.3 is 0 Å². The molecule has 1 rings (SSSR count). The number of nitrogens with one attached hydrogen (secondary N) is 1. The molecule has 0 atom stereocenters. The van der Waals surface area contributed by atoms with Gasteiger partial charge in [0, 0.05) is 18.6 Å². The highest BCUT2D eigenvalue weighted by Gasteiger charge is 2.27. The predicted octanol–water partition coefficient (Wildman–Crippen LogP) is 2.20. The van der Waals surface area contributed by atoms with Crippen LogP contribution in [0.2, 0.25) is 0 Å². The van der Waals surface area contributed by atoms with Crippen LogP contribution in [0, 0.1) is 0 Å². The molecule has 1 saturated carbocycles. The lowest BCUT2D eigenvalue weighted by molar-refractivity contribution is 0.265. The molecule has 0 bridgehead atoms. The van der Waals surface area contributed by atoms with Crippen LogP contribution >= 0.6 is 0 Å². The Morgan fingerprint density at radius 2 is 1.71 bits per heavy atom. The van der Waals surface area contributed by atoms with Crippen molar-refractivity contribution in [2.45, 2.75) is 50.5 Å². The van der Waals surface area contributed by atoms with E-state index in [4.69, 9.17) is 5.73 Å². The Morgan fingerprint density at radius 3 is 2.21 bits per heavy atom. The maximum Gasteiger partial charge on any atom is 0.0306 e. The van der Waals surface area contributed by atoms with E-state index in [2.05, 4.69) is 11.9 Å². The largest absolute Gasteiger partial charge is 0.329 e. The fourth-order valence-corrected chi connectivity index (χ4v) is 2.32. The minimum absolute atomic E-state index is 0.203. The molecule has 82 valence electrons. The summed E-state index contributed by atoms with van der Waals surface area (Å²) in [6, 6.07) is 0. The molecule has 0 radical (unpaired) electrons. The van der Waals surface area contributed by atoms with Gasteiger partial charge in [0.2, 0.25) is 0 Å². The fourth-order valence-electron chi connectivity index (χ4n) is 2.32. The van der Waals surface area contributed by atoms with Crippen LogP contribution in [0.5, 0.6) is 0 Å². The standard InChI is InChI=1S/C12H24N2/c1-2-10-14-12(11-13)8-6-4-3-5-7-9-12/h2,14H,1,3-11,13H2. The highest BCUT2D eigenvalue weighted by molar-refractivity contribution is 4.92. The third kappa shape index (κ3) is 3.43. The lowest BCUT2D eigenvalue weighted by atomic mass is 9.84. The average Bonchev–Trinajstić information content (AvgIpc) is 2.18. The lowest BCUT2D eigenvalue weighted by Crippen LogP contribution is -2.51. The first-order chi connectivity index (χ1) is 6.83. The summed E-state index contributed by atoms with van der Waals surface area (Å²) >= 11 is 0. The van der Waals surface area contributed by atoms with Crippen LogP contribution in [-0.4, -0.2) is 18.6 Å². The molecular weight excluding hydrogens is 172 g/mol. The molecule has 1 fully saturated rings. The maximum absolute atomic E-state index is 5.90. The van der Waals surface area contributed by atoms with Gasteiger partial charge in [-0.15, -0.1) is 6.58 Å². The predicted molar refractivity (Wildman–Crippen MR) is 62.3 cm³/mol. The quantitative estimate of drug-likeness (QED) is 0.677. The highest BCUT2D eigenvalue weighted by Crippen LogP contribution is 2.25. The van der Waals surface area contributed by atoms with Crippen molar-refractivity contribution in [2.75, 3.05) is 13.1 Å². The molecule has 0 unspecified atom stereocenters. The smallest absolute Gasteiger partial charge is 0.0306 e. The molecular formula is C12H24N2. The van der Waals surface area contributed by atoms with Gasteiger partial charge in [0.1, 0.15) is 0 Å². The van der Waals surface area contributed by atoms with Crippen LogP contribution in [0.4, 0.5) is 0 Å². The van der Waals surface area contributed by atoms with E-state index in [1.807, 2.05) is 6.08 Å². The van der Waals surface area contributed by atoms with Crippen LogP contribution in [-0.2, 0) is 0 Å². The van der Waals surface area contributed by atoms with Crippen LogP contribution in [0.25, 0.3) is 0 Å². The minimum atomic E-state index is 0.203. The summed E-state index contributed by atoms with van der Waals surface area (Å²) in [5.41, 5.74) is 6.11. The first kappa shape index (κ1) is 11.7. The Labute approximate surface area is 87.9 Å². The molecule has 0 heterocycles. The second-order valence-electron chi connectivity index (χ2n) is 4.42. The van der Waals surface area contributed by atoms with E-state index >= 15 is 0 Å². The molecule has 1 aliphatic carbocycles. The van der Waals surface area contributed by atoms with Crippen molar-refractivity contribution >= 4 is 0 Å². The maximum atomic E-state index is 5.90. The number of hydrogen-bond donors (Lipinski definition) is 2. The van der Waals surface area contributed by atoms with Gasteiger partial charge in [0.25, 0.3) is 0 Å². The fraction of sp³-hybridized carbons (Fsp3) is 0.833. The van der Waals surface area contributed by atoms with E-state index in [1.165, 1.54) is 44.9 Å². The van der Waals surface area contributed by atoms with E-state index < -0.39 is 0 Å². The SMILES string of the molecule is C=CCNC1(CN)CCCCCCC1. The van der Waals surface area contributed by atoms with Gasteiger partial charge in [0.05, 0.1) is 0 Å². The van der Waals surface area contributed by atoms with Crippen molar-refractivity contribution < 1.29 is 0 Å². The normalized spacial score (nSPS) is 22.4. The first-order valence-electron chi connectivity index (χ1n) is 5.89. The topological polar surface area (TPSA) is 38.0 Å². The van der Waals surface area contributed by atoms with Gasteiger partial charge < -0.3 is 11.1 Å². The van der Waals surface area contributed by atoms with Crippen molar-refractivity contribution in [3.8, 4) is 0 Å². The molecule has 0 aromatic carbocycles. The van der Waals surface area contributed by atoms with E-state index in [1.54, 1.807) is 0 Å². The molecule has 2 heteroatoms. The van der Waals surface area contributed by atoms with Crippen molar-refractivity contribution in [1.82, 2.24) is 5.32 Å². The van der Waals surface area contributed by atoms with Gasteiger partial charge in [-0.1, -0.05) is 38.2 Å². The zero-order chi connectivity index (χ0) is 10.3.